The first kappa shape index (κ1) is 16.1. The summed E-state index contributed by atoms with van der Waals surface area (Å²) in [6.07, 6.45) is 2.39. The van der Waals surface area contributed by atoms with Gasteiger partial charge in [-0.2, -0.15) is 4.98 Å². The molecule has 3 heterocycles. The molecule has 23 heavy (non-hydrogen) atoms. The van der Waals surface area contributed by atoms with Crippen molar-refractivity contribution in [1.82, 2.24) is 19.9 Å². The van der Waals surface area contributed by atoms with Crippen molar-refractivity contribution < 1.29 is 14.1 Å². The normalized spacial score (nSPS) is 27.1. The van der Waals surface area contributed by atoms with Crippen molar-refractivity contribution in [3.63, 3.8) is 0 Å². The van der Waals surface area contributed by atoms with Crippen LogP contribution in [0.25, 0.3) is 0 Å². The zero-order valence-corrected chi connectivity index (χ0v) is 13.8. The molecule has 0 saturated carbocycles. The molecule has 3 rings (SSSR count). The highest BCUT2D eigenvalue weighted by molar-refractivity contribution is 5.80. The third-order valence-corrected chi connectivity index (χ3v) is 4.76. The number of aromatic nitrogens is 2. The maximum Gasteiger partial charge on any atom is 0.243 e. The Morgan fingerprint density at radius 3 is 2.74 bits per heavy atom. The first-order valence-corrected chi connectivity index (χ1v) is 8.17. The third kappa shape index (κ3) is 3.30. The van der Waals surface area contributed by atoms with Crippen molar-refractivity contribution in [2.75, 3.05) is 32.8 Å². The van der Waals surface area contributed by atoms with Crippen LogP contribution in [0.5, 0.6) is 0 Å². The van der Waals surface area contributed by atoms with Gasteiger partial charge in [-0.05, 0) is 20.3 Å². The topological polar surface area (TPSA) is 71.7 Å². The summed E-state index contributed by atoms with van der Waals surface area (Å²) in [6.45, 7) is 11.3. The molecule has 2 fully saturated rings. The van der Waals surface area contributed by atoms with E-state index in [1.165, 1.54) is 0 Å². The molecule has 7 nitrogen and oxygen atoms in total. The van der Waals surface area contributed by atoms with Gasteiger partial charge < -0.3 is 14.2 Å². The molecule has 0 aliphatic carbocycles. The number of ether oxygens (including phenoxy) is 1. The number of aryl methyl sites for hydroxylation is 1. The molecular weight excluding hydrogens is 296 g/mol. The van der Waals surface area contributed by atoms with E-state index in [1.807, 2.05) is 11.8 Å². The molecule has 0 bridgehead atoms. The van der Waals surface area contributed by atoms with Gasteiger partial charge in [0.1, 0.15) is 0 Å². The first-order valence-electron chi connectivity index (χ1n) is 8.17. The van der Waals surface area contributed by atoms with E-state index >= 15 is 0 Å². The Balaban J connectivity index is 1.56. The highest BCUT2D eigenvalue weighted by atomic mass is 16.5. The third-order valence-electron chi connectivity index (χ3n) is 4.76. The highest BCUT2D eigenvalue weighted by Crippen LogP contribution is 2.26. The molecule has 2 aliphatic heterocycles. The second-order valence-corrected chi connectivity index (χ2v) is 6.18. The Morgan fingerprint density at radius 1 is 1.39 bits per heavy atom. The van der Waals surface area contributed by atoms with Gasteiger partial charge in [0.05, 0.1) is 18.1 Å². The Labute approximate surface area is 136 Å². The molecule has 1 aromatic heterocycles. The maximum atomic E-state index is 12.7. The second-order valence-electron chi connectivity index (χ2n) is 6.18. The quantitative estimate of drug-likeness (QED) is 0.776. The van der Waals surface area contributed by atoms with E-state index in [1.54, 1.807) is 6.08 Å². The fourth-order valence-electron chi connectivity index (χ4n) is 3.31. The number of hydrogen-bond acceptors (Lipinski definition) is 6. The zero-order chi connectivity index (χ0) is 16.4. The monoisotopic (exact) mass is 320 g/mol. The minimum atomic E-state index is -0.138. The van der Waals surface area contributed by atoms with E-state index in [9.17, 15) is 4.79 Å². The van der Waals surface area contributed by atoms with Crippen LogP contribution in [0.2, 0.25) is 0 Å². The number of amides is 1. The summed E-state index contributed by atoms with van der Waals surface area (Å²) in [5.74, 6) is 1.40. The van der Waals surface area contributed by atoms with Crippen molar-refractivity contribution in [2.24, 2.45) is 5.92 Å². The van der Waals surface area contributed by atoms with Crippen LogP contribution >= 0.6 is 0 Å². The Kier molecular flexibility index (Phi) is 4.77. The molecule has 2 saturated heterocycles. The largest absolute Gasteiger partial charge is 0.373 e. The summed E-state index contributed by atoms with van der Waals surface area (Å²) in [5.41, 5.74) is 0. The fraction of sp³-hybridized carbons (Fsp3) is 0.688. The van der Waals surface area contributed by atoms with Crippen LogP contribution in [-0.4, -0.2) is 64.7 Å². The van der Waals surface area contributed by atoms with E-state index in [2.05, 4.69) is 28.5 Å². The standard InChI is InChI=1S/C16H24N4O3/c1-4-14-13(5-10-22-14)16(21)20-8-6-19(7-9-20)11(2)15-17-12(3)18-23-15/h4,11,13-14H,1,5-10H2,2-3H3/t11?,13-,14+/m1/s1. The van der Waals surface area contributed by atoms with E-state index in [-0.39, 0.29) is 24.0 Å². The zero-order valence-electron chi connectivity index (χ0n) is 13.8. The number of piperazine rings is 1. The van der Waals surface area contributed by atoms with Crippen LogP contribution < -0.4 is 0 Å². The molecule has 0 spiro atoms. The summed E-state index contributed by atoms with van der Waals surface area (Å²) in [7, 11) is 0. The van der Waals surface area contributed by atoms with Gasteiger partial charge in [-0.25, -0.2) is 0 Å². The van der Waals surface area contributed by atoms with Gasteiger partial charge in [0.2, 0.25) is 11.8 Å². The van der Waals surface area contributed by atoms with E-state index in [0.29, 0.717) is 18.3 Å². The van der Waals surface area contributed by atoms with E-state index < -0.39 is 0 Å². The van der Waals surface area contributed by atoms with Gasteiger partial charge in [-0.3, -0.25) is 9.69 Å². The maximum absolute atomic E-state index is 12.7. The molecule has 1 amide bonds. The minimum Gasteiger partial charge on any atom is -0.373 e. The van der Waals surface area contributed by atoms with Gasteiger partial charge in [0.25, 0.3) is 0 Å². The summed E-state index contributed by atoms with van der Waals surface area (Å²) < 4.78 is 10.8. The molecule has 2 aliphatic rings. The van der Waals surface area contributed by atoms with E-state index in [0.717, 1.165) is 32.6 Å². The molecule has 1 aromatic rings. The van der Waals surface area contributed by atoms with Crippen LogP contribution in [0.4, 0.5) is 0 Å². The van der Waals surface area contributed by atoms with Crippen molar-refractivity contribution in [1.29, 1.82) is 0 Å². The summed E-state index contributed by atoms with van der Waals surface area (Å²) >= 11 is 0. The fourth-order valence-corrected chi connectivity index (χ4v) is 3.31. The molecule has 1 unspecified atom stereocenters. The highest BCUT2D eigenvalue weighted by Gasteiger charge is 2.36. The molecule has 3 atom stereocenters. The summed E-state index contributed by atoms with van der Waals surface area (Å²) in [5, 5.41) is 3.85. The lowest BCUT2D eigenvalue weighted by Crippen LogP contribution is -2.51. The van der Waals surface area contributed by atoms with Crippen LogP contribution in [0, 0.1) is 12.8 Å². The average Bonchev–Trinajstić information content (AvgIpc) is 3.22. The van der Waals surface area contributed by atoms with Gasteiger partial charge in [-0.1, -0.05) is 11.2 Å². The number of nitrogens with zero attached hydrogens (tertiary/aromatic N) is 4. The number of carbonyl (C=O) groups is 1. The van der Waals surface area contributed by atoms with E-state index in [4.69, 9.17) is 9.26 Å². The predicted octanol–water partition coefficient (Wildman–Crippen LogP) is 1.17. The Morgan fingerprint density at radius 2 is 2.13 bits per heavy atom. The number of hydrogen-bond donors (Lipinski definition) is 0. The van der Waals surface area contributed by atoms with Crippen LogP contribution in [-0.2, 0) is 9.53 Å². The minimum absolute atomic E-state index is 0.0733. The molecule has 0 radical (unpaired) electrons. The van der Waals surface area contributed by atoms with Crippen LogP contribution in [0.1, 0.15) is 31.1 Å². The van der Waals surface area contributed by atoms with Crippen molar-refractivity contribution in [3.8, 4) is 0 Å². The number of rotatable bonds is 4. The number of carbonyl (C=O) groups excluding carboxylic acids is 1. The van der Waals surface area contributed by atoms with Crippen LogP contribution in [0.3, 0.4) is 0 Å². The predicted molar refractivity (Wildman–Crippen MR) is 83.6 cm³/mol. The molecule has 0 N–H and O–H groups in total. The smallest absolute Gasteiger partial charge is 0.243 e. The van der Waals surface area contributed by atoms with Gasteiger partial charge in [0.15, 0.2) is 5.82 Å². The molecular formula is C16H24N4O3. The van der Waals surface area contributed by atoms with Gasteiger partial charge >= 0.3 is 0 Å². The van der Waals surface area contributed by atoms with Gasteiger partial charge in [-0.15, -0.1) is 6.58 Å². The van der Waals surface area contributed by atoms with Crippen molar-refractivity contribution >= 4 is 5.91 Å². The second kappa shape index (κ2) is 6.80. The summed E-state index contributed by atoms with van der Waals surface area (Å²) in [4.78, 5) is 21.2. The first-order chi connectivity index (χ1) is 11.1. The van der Waals surface area contributed by atoms with Crippen molar-refractivity contribution in [2.45, 2.75) is 32.4 Å². The van der Waals surface area contributed by atoms with Crippen LogP contribution in [0.15, 0.2) is 17.2 Å². The Bertz CT molecular complexity index is 565. The lowest BCUT2D eigenvalue weighted by Gasteiger charge is -2.38. The lowest BCUT2D eigenvalue weighted by atomic mass is 9.99. The molecule has 126 valence electrons. The lowest BCUT2D eigenvalue weighted by molar-refractivity contribution is -0.138. The van der Waals surface area contributed by atoms with Gasteiger partial charge in [0, 0.05) is 32.8 Å². The Hall–Kier alpha value is -1.73. The SMILES string of the molecule is C=C[C@@H]1OCC[C@H]1C(=O)N1CCN(C(C)c2nc(C)no2)CC1. The molecule has 7 heteroatoms. The summed E-state index contributed by atoms with van der Waals surface area (Å²) in [6, 6.07) is 0.0733. The average molecular weight is 320 g/mol. The molecule has 0 aromatic carbocycles. The van der Waals surface area contributed by atoms with Crippen molar-refractivity contribution in [3.05, 3.63) is 24.4 Å².